The van der Waals surface area contributed by atoms with Gasteiger partial charge in [0.15, 0.2) is 0 Å². The maximum Gasteiger partial charge on any atom is 0.256 e. The molecule has 0 radical (unpaired) electrons. The van der Waals surface area contributed by atoms with Crippen molar-refractivity contribution < 1.29 is 9.18 Å². The van der Waals surface area contributed by atoms with Crippen molar-refractivity contribution in [1.29, 1.82) is 0 Å². The van der Waals surface area contributed by atoms with Crippen molar-refractivity contribution >= 4 is 27.5 Å². The van der Waals surface area contributed by atoms with Gasteiger partial charge in [-0.15, -0.1) is 0 Å². The minimum absolute atomic E-state index is 0.261. The number of halogens is 2. The molecule has 3 aromatic rings. The molecule has 3 rings (SSSR count). The molecular weight excluding hydrogens is 357 g/mol. The number of amides is 1. The van der Waals surface area contributed by atoms with Crippen LogP contribution in [0.25, 0.3) is 11.1 Å². The van der Waals surface area contributed by atoms with Crippen LogP contribution in [0.15, 0.2) is 77.3 Å². The highest BCUT2D eigenvalue weighted by atomic mass is 79.9. The van der Waals surface area contributed by atoms with E-state index in [1.807, 2.05) is 54.6 Å². The van der Waals surface area contributed by atoms with E-state index in [1.54, 1.807) is 0 Å². The van der Waals surface area contributed by atoms with Gasteiger partial charge in [0.2, 0.25) is 0 Å². The largest absolute Gasteiger partial charge is 0.322 e. The number of carbonyl (C=O) groups is 1. The van der Waals surface area contributed by atoms with Crippen molar-refractivity contribution in [2.24, 2.45) is 0 Å². The predicted octanol–water partition coefficient (Wildman–Crippen LogP) is 5.51. The second-order valence-corrected chi connectivity index (χ2v) is 5.88. The van der Waals surface area contributed by atoms with Gasteiger partial charge in [0.25, 0.3) is 5.91 Å². The standard InChI is InChI=1S/C19H13BrFNO/c20-18-11-8-15(21)12-17(18)19(23)22-16-9-6-14(7-10-16)13-4-2-1-3-5-13/h1-12H,(H,22,23). The minimum atomic E-state index is -0.447. The van der Waals surface area contributed by atoms with E-state index >= 15 is 0 Å². The molecule has 23 heavy (non-hydrogen) atoms. The summed E-state index contributed by atoms with van der Waals surface area (Å²) >= 11 is 3.26. The zero-order chi connectivity index (χ0) is 16.2. The van der Waals surface area contributed by atoms with Crippen LogP contribution in [0.2, 0.25) is 0 Å². The Kier molecular flexibility index (Phi) is 4.53. The smallest absolute Gasteiger partial charge is 0.256 e. The van der Waals surface area contributed by atoms with Gasteiger partial charge in [-0.3, -0.25) is 4.79 Å². The third-order valence-corrected chi connectivity index (χ3v) is 4.11. The maximum absolute atomic E-state index is 13.3. The number of nitrogens with one attached hydrogen (secondary N) is 1. The van der Waals surface area contributed by atoms with E-state index in [0.29, 0.717) is 10.2 Å². The van der Waals surface area contributed by atoms with E-state index in [2.05, 4.69) is 21.2 Å². The number of hydrogen-bond acceptors (Lipinski definition) is 1. The molecule has 114 valence electrons. The molecule has 0 saturated heterocycles. The molecule has 0 aliphatic carbocycles. The van der Waals surface area contributed by atoms with E-state index < -0.39 is 5.82 Å². The molecule has 0 saturated carbocycles. The molecule has 0 aromatic heterocycles. The van der Waals surface area contributed by atoms with Crippen LogP contribution in [-0.2, 0) is 0 Å². The van der Waals surface area contributed by atoms with Gasteiger partial charge < -0.3 is 5.32 Å². The van der Waals surface area contributed by atoms with Gasteiger partial charge in [-0.2, -0.15) is 0 Å². The lowest BCUT2D eigenvalue weighted by atomic mass is 10.1. The molecule has 3 aromatic carbocycles. The zero-order valence-corrected chi connectivity index (χ0v) is 13.7. The van der Waals surface area contributed by atoms with Crippen LogP contribution in [0.4, 0.5) is 10.1 Å². The number of benzene rings is 3. The van der Waals surface area contributed by atoms with Crippen LogP contribution >= 0.6 is 15.9 Å². The van der Waals surface area contributed by atoms with Gasteiger partial charge >= 0.3 is 0 Å². The third kappa shape index (κ3) is 3.66. The molecule has 0 unspecified atom stereocenters. The number of hydrogen-bond donors (Lipinski definition) is 1. The summed E-state index contributed by atoms with van der Waals surface area (Å²) in [5.41, 5.74) is 3.09. The average Bonchev–Trinajstić information content (AvgIpc) is 2.58. The maximum atomic E-state index is 13.3. The highest BCUT2D eigenvalue weighted by Gasteiger charge is 2.11. The Labute approximate surface area is 142 Å². The molecule has 0 bridgehead atoms. The van der Waals surface area contributed by atoms with Gasteiger partial charge in [0.1, 0.15) is 5.82 Å². The molecule has 0 atom stereocenters. The van der Waals surface area contributed by atoms with E-state index in [1.165, 1.54) is 18.2 Å². The first-order chi connectivity index (χ1) is 11.1. The summed E-state index contributed by atoms with van der Waals surface area (Å²) in [7, 11) is 0. The summed E-state index contributed by atoms with van der Waals surface area (Å²) in [6.45, 7) is 0. The van der Waals surface area contributed by atoms with Crippen molar-refractivity contribution in [3.8, 4) is 11.1 Å². The van der Waals surface area contributed by atoms with Crippen molar-refractivity contribution in [3.05, 3.63) is 88.6 Å². The lowest BCUT2D eigenvalue weighted by Crippen LogP contribution is -2.12. The van der Waals surface area contributed by atoms with E-state index in [4.69, 9.17) is 0 Å². The first kappa shape index (κ1) is 15.4. The lowest BCUT2D eigenvalue weighted by molar-refractivity contribution is 0.102. The Balaban J connectivity index is 1.78. The summed E-state index contributed by atoms with van der Waals surface area (Å²) in [5.74, 6) is -0.804. The normalized spacial score (nSPS) is 10.3. The summed E-state index contributed by atoms with van der Waals surface area (Å²) < 4.78 is 13.8. The van der Waals surface area contributed by atoms with E-state index in [-0.39, 0.29) is 11.5 Å². The quantitative estimate of drug-likeness (QED) is 0.647. The Morgan fingerprint density at radius 1 is 0.870 bits per heavy atom. The molecule has 0 aliphatic heterocycles. The van der Waals surface area contributed by atoms with Gasteiger partial charge in [0.05, 0.1) is 5.56 Å². The molecular formula is C19H13BrFNO. The van der Waals surface area contributed by atoms with Crippen LogP contribution in [0.3, 0.4) is 0 Å². The lowest BCUT2D eigenvalue weighted by Gasteiger charge is -2.08. The van der Waals surface area contributed by atoms with Crippen LogP contribution in [-0.4, -0.2) is 5.91 Å². The summed E-state index contributed by atoms with van der Waals surface area (Å²) in [5, 5.41) is 2.77. The Bertz CT molecular complexity index is 832. The van der Waals surface area contributed by atoms with Crippen LogP contribution in [0, 0.1) is 5.82 Å². The third-order valence-electron chi connectivity index (χ3n) is 3.42. The molecule has 0 aliphatic rings. The van der Waals surface area contributed by atoms with Gasteiger partial charge in [0, 0.05) is 10.2 Å². The van der Waals surface area contributed by atoms with Gasteiger partial charge in [-0.05, 0) is 57.4 Å². The van der Waals surface area contributed by atoms with Crippen LogP contribution in [0.5, 0.6) is 0 Å². The van der Waals surface area contributed by atoms with E-state index in [0.717, 1.165) is 11.1 Å². The second kappa shape index (κ2) is 6.75. The van der Waals surface area contributed by atoms with E-state index in [9.17, 15) is 9.18 Å². The predicted molar refractivity (Wildman–Crippen MR) is 93.9 cm³/mol. The monoisotopic (exact) mass is 369 g/mol. The van der Waals surface area contributed by atoms with Crippen molar-refractivity contribution in [1.82, 2.24) is 0 Å². The van der Waals surface area contributed by atoms with Crippen molar-refractivity contribution in [2.75, 3.05) is 5.32 Å². The molecule has 0 heterocycles. The molecule has 1 amide bonds. The Morgan fingerprint density at radius 3 is 2.22 bits per heavy atom. The zero-order valence-electron chi connectivity index (χ0n) is 12.1. The molecule has 4 heteroatoms. The first-order valence-corrected chi connectivity index (χ1v) is 7.85. The van der Waals surface area contributed by atoms with Crippen LogP contribution in [0.1, 0.15) is 10.4 Å². The number of anilines is 1. The molecule has 0 fully saturated rings. The fourth-order valence-corrected chi connectivity index (χ4v) is 2.67. The first-order valence-electron chi connectivity index (χ1n) is 7.05. The molecule has 2 nitrogen and oxygen atoms in total. The summed E-state index contributed by atoms with van der Waals surface area (Å²) in [6.07, 6.45) is 0. The van der Waals surface area contributed by atoms with Gasteiger partial charge in [-0.1, -0.05) is 42.5 Å². The Hall–Kier alpha value is -2.46. The average molecular weight is 370 g/mol. The Morgan fingerprint density at radius 2 is 1.52 bits per heavy atom. The highest BCUT2D eigenvalue weighted by molar-refractivity contribution is 9.10. The van der Waals surface area contributed by atoms with Gasteiger partial charge in [-0.25, -0.2) is 4.39 Å². The fraction of sp³-hybridized carbons (Fsp3) is 0. The number of carbonyl (C=O) groups excluding carboxylic acids is 1. The summed E-state index contributed by atoms with van der Waals surface area (Å²) in [4.78, 5) is 12.2. The van der Waals surface area contributed by atoms with Crippen molar-refractivity contribution in [2.45, 2.75) is 0 Å². The minimum Gasteiger partial charge on any atom is -0.322 e. The molecule has 1 N–H and O–H groups in total. The van der Waals surface area contributed by atoms with Crippen LogP contribution < -0.4 is 5.32 Å². The highest BCUT2D eigenvalue weighted by Crippen LogP contribution is 2.23. The fourth-order valence-electron chi connectivity index (χ4n) is 2.25. The number of rotatable bonds is 3. The SMILES string of the molecule is O=C(Nc1ccc(-c2ccccc2)cc1)c1cc(F)ccc1Br. The van der Waals surface area contributed by atoms with Crippen molar-refractivity contribution in [3.63, 3.8) is 0 Å². The summed E-state index contributed by atoms with van der Waals surface area (Å²) in [6, 6.07) is 21.5. The molecule has 0 spiro atoms. The topological polar surface area (TPSA) is 29.1 Å². The second-order valence-electron chi connectivity index (χ2n) is 5.02.